The molecule has 0 fully saturated rings. The predicted molar refractivity (Wildman–Crippen MR) is 62.2 cm³/mol. The van der Waals surface area contributed by atoms with E-state index in [9.17, 15) is 0 Å². The highest BCUT2D eigenvalue weighted by Gasteiger charge is 2.15. The van der Waals surface area contributed by atoms with Gasteiger partial charge in [-0.05, 0) is 18.6 Å². The van der Waals surface area contributed by atoms with Gasteiger partial charge in [0.15, 0.2) is 0 Å². The first-order chi connectivity index (χ1) is 6.81. The Labute approximate surface area is 92.3 Å². The van der Waals surface area contributed by atoms with Crippen LogP contribution in [-0.2, 0) is 6.42 Å². The van der Waals surface area contributed by atoms with Gasteiger partial charge in [0.05, 0.1) is 16.2 Å². The van der Waals surface area contributed by atoms with Crippen LogP contribution >= 0.6 is 22.9 Å². The summed E-state index contributed by atoms with van der Waals surface area (Å²) in [5, 5.41) is 3.75. The van der Waals surface area contributed by atoms with E-state index in [4.69, 9.17) is 11.6 Å². The summed E-state index contributed by atoms with van der Waals surface area (Å²) in [6.07, 6.45) is 6.63. The van der Waals surface area contributed by atoms with Crippen molar-refractivity contribution in [2.75, 3.05) is 0 Å². The minimum atomic E-state index is 0.0917. The number of rotatable bonds is 2. The topological polar surface area (TPSA) is 24.4 Å². The molecule has 14 heavy (non-hydrogen) atoms. The molecule has 2 nitrogen and oxygen atoms in total. The largest absolute Gasteiger partial charge is 0.353 e. The zero-order chi connectivity index (χ0) is 9.97. The highest BCUT2D eigenvalue weighted by Crippen LogP contribution is 2.35. The van der Waals surface area contributed by atoms with E-state index in [1.807, 2.05) is 18.3 Å². The van der Waals surface area contributed by atoms with Gasteiger partial charge in [0.1, 0.15) is 6.04 Å². The fraction of sp³-hybridized carbons (Fsp3) is 0.300. The number of aryl methyl sites for hydroxylation is 1. The Hall–Kier alpha value is -0.800. The molecule has 1 aromatic heterocycles. The molecule has 4 heteroatoms. The van der Waals surface area contributed by atoms with Crippen LogP contribution in [0, 0.1) is 0 Å². The molecule has 0 saturated heterocycles. The fourth-order valence-corrected chi connectivity index (χ4v) is 2.77. The number of aliphatic imine (C=N–C) groups is 1. The SMILES string of the molecule is CCc1cc(Cl)c(C2C=CNC=N2)s1. The highest BCUT2D eigenvalue weighted by atomic mass is 35.5. The molecular formula is C10H11ClN2S. The third kappa shape index (κ3) is 1.83. The zero-order valence-electron chi connectivity index (χ0n) is 7.83. The van der Waals surface area contributed by atoms with E-state index in [1.165, 1.54) is 4.88 Å². The minimum Gasteiger partial charge on any atom is -0.353 e. The van der Waals surface area contributed by atoms with Gasteiger partial charge in [0.25, 0.3) is 0 Å². The van der Waals surface area contributed by atoms with Crippen molar-refractivity contribution < 1.29 is 0 Å². The summed E-state index contributed by atoms with van der Waals surface area (Å²) in [5.74, 6) is 0. The molecule has 0 saturated carbocycles. The van der Waals surface area contributed by atoms with Crippen LogP contribution in [0.25, 0.3) is 0 Å². The van der Waals surface area contributed by atoms with E-state index in [0.29, 0.717) is 0 Å². The fourth-order valence-electron chi connectivity index (χ4n) is 1.33. The summed E-state index contributed by atoms with van der Waals surface area (Å²) in [4.78, 5) is 6.76. The van der Waals surface area contributed by atoms with Crippen LogP contribution in [0.3, 0.4) is 0 Å². The predicted octanol–water partition coefficient (Wildman–Crippen LogP) is 3.15. The van der Waals surface area contributed by atoms with E-state index in [2.05, 4.69) is 17.2 Å². The lowest BCUT2D eigenvalue weighted by molar-refractivity contribution is 0.905. The average molecular weight is 227 g/mol. The van der Waals surface area contributed by atoms with E-state index in [0.717, 1.165) is 16.3 Å². The molecule has 74 valence electrons. The van der Waals surface area contributed by atoms with E-state index < -0.39 is 0 Å². The van der Waals surface area contributed by atoms with Crippen LogP contribution in [0.2, 0.25) is 5.02 Å². The van der Waals surface area contributed by atoms with E-state index in [1.54, 1.807) is 17.7 Å². The van der Waals surface area contributed by atoms with Crippen LogP contribution in [0.4, 0.5) is 0 Å². The Morgan fingerprint density at radius 2 is 2.50 bits per heavy atom. The van der Waals surface area contributed by atoms with Crippen molar-refractivity contribution in [3.63, 3.8) is 0 Å². The van der Waals surface area contributed by atoms with Gasteiger partial charge < -0.3 is 5.32 Å². The molecule has 0 radical (unpaired) electrons. The van der Waals surface area contributed by atoms with Gasteiger partial charge in [0, 0.05) is 11.1 Å². The maximum atomic E-state index is 6.14. The van der Waals surface area contributed by atoms with Crippen molar-refractivity contribution in [1.82, 2.24) is 5.32 Å². The van der Waals surface area contributed by atoms with Crippen molar-refractivity contribution in [3.05, 3.63) is 33.1 Å². The second-order valence-electron chi connectivity index (χ2n) is 3.03. The lowest BCUT2D eigenvalue weighted by Crippen LogP contribution is -2.07. The molecule has 1 unspecified atom stereocenters. The van der Waals surface area contributed by atoms with Crippen LogP contribution in [0.15, 0.2) is 23.3 Å². The Balaban J connectivity index is 2.30. The molecule has 1 aromatic rings. The summed E-state index contributed by atoms with van der Waals surface area (Å²) < 4.78 is 0. The van der Waals surface area contributed by atoms with Crippen molar-refractivity contribution in [1.29, 1.82) is 0 Å². The van der Waals surface area contributed by atoms with Gasteiger partial charge >= 0.3 is 0 Å². The molecule has 1 N–H and O–H groups in total. The zero-order valence-corrected chi connectivity index (χ0v) is 9.40. The summed E-state index contributed by atoms with van der Waals surface area (Å²) in [6.45, 7) is 2.13. The van der Waals surface area contributed by atoms with Crippen LogP contribution in [-0.4, -0.2) is 6.34 Å². The first-order valence-corrected chi connectivity index (χ1v) is 5.73. The number of hydrogen-bond donors (Lipinski definition) is 1. The van der Waals surface area contributed by atoms with Crippen molar-refractivity contribution in [3.8, 4) is 0 Å². The molecule has 1 aliphatic heterocycles. The Morgan fingerprint density at radius 3 is 3.07 bits per heavy atom. The van der Waals surface area contributed by atoms with Crippen LogP contribution in [0.1, 0.15) is 22.7 Å². The Bertz CT molecular complexity index is 369. The maximum absolute atomic E-state index is 6.14. The first-order valence-electron chi connectivity index (χ1n) is 4.53. The molecule has 0 aromatic carbocycles. The molecule has 1 atom stereocenters. The third-order valence-electron chi connectivity index (χ3n) is 2.07. The van der Waals surface area contributed by atoms with Gasteiger partial charge in [0.2, 0.25) is 0 Å². The molecule has 0 spiro atoms. The molecule has 0 bridgehead atoms. The second-order valence-corrected chi connectivity index (χ2v) is 4.60. The molecule has 2 heterocycles. The Kier molecular flexibility index (Phi) is 2.89. The van der Waals surface area contributed by atoms with E-state index >= 15 is 0 Å². The maximum Gasteiger partial charge on any atom is 0.107 e. The molecule has 0 aliphatic carbocycles. The quantitative estimate of drug-likeness (QED) is 0.823. The normalized spacial score (nSPS) is 19.7. The summed E-state index contributed by atoms with van der Waals surface area (Å²) in [7, 11) is 0. The number of thiophene rings is 1. The van der Waals surface area contributed by atoms with Gasteiger partial charge in [-0.15, -0.1) is 11.3 Å². The number of hydrogen-bond acceptors (Lipinski definition) is 3. The number of halogens is 1. The third-order valence-corrected chi connectivity index (χ3v) is 3.84. The summed E-state index contributed by atoms with van der Waals surface area (Å²) in [6, 6.07) is 2.13. The summed E-state index contributed by atoms with van der Waals surface area (Å²) >= 11 is 7.88. The van der Waals surface area contributed by atoms with Gasteiger partial charge in [-0.25, -0.2) is 0 Å². The van der Waals surface area contributed by atoms with Crippen LogP contribution in [0.5, 0.6) is 0 Å². The van der Waals surface area contributed by atoms with Gasteiger partial charge in [-0.3, -0.25) is 4.99 Å². The Morgan fingerprint density at radius 1 is 1.64 bits per heavy atom. The lowest BCUT2D eigenvalue weighted by atomic mass is 10.2. The van der Waals surface area contributed by atoms with Crippen molar-refractivity contribution in [2.45, 2.75) is 19.4 Å². The molecule has 0 amide bonds. The van der Waals surface area contributed by atoms with Crippen molar-refractivity contribution >= 4 is 29.3 Å². The highest BCUT2D eigenvalue weighted by molar-refractivity contribution is 7.12. The second kappa shape index (κ2) is 4.15. The minimum absolute atomic E-state index is 0.0917. The molecular weight excluding hydrogens is 216 g/mol. The van der Waals surface area contributed by atoms with Gasteiger partial charge in [-0.2, -0.15) is 0 Å². The average Bonchev–Trinajstić information content (AvgIpc) is 2.61. The van der Waals surface area contributed by atoms with Crippen molar-refractivity contribution in [2.24, 2.45) is 4.99 Å². The molecule has 2 rings (SSSR count). The number of nitrogens with one attached hydrogen (secondary N) is 1. The molecule has 1 aliphatic rings. The van der Waals surface area contributed by atoms with E-state index in [-0.39, 0.29) is 6.04 Å². The van der Waals surface area contributed by atoms with Gasteiger partial charge in [-0.1, -0.05) is 18.5 Å². The smallest absolute Gasteiger partial charge is 0.107 e. The number of nitrogens with zero attached hydrogens (tertiary/aromatic N) is 1. The monoisotopic (exact) mass is 226 g/mol. The standard InChI is InChI=1S/C10H11ClN2S/c1-2-7-5-8(11)10(14-7)9-3-4-12-6-13-9/h3-6,9H,2H2,1H3,(H,12,13). The first kappa shape index (κ1) is 9.74. The lowest BCUT2D eigenvalue weighted by Gasteiger charge is -2.09. The summed E-state index contributed by atoms with van der Waals surface area (Å²) in [5.41, 5.74) is 0. The van der Waals surface area contributed by atoms with Crippen LogP contribution < -0.4 is 5.32 Å².